The number of ether oxygens (including phenoxy) is 1. The lowest BCUT2D eigenvalue weighted by molar-refractivity contribution is 0.127. The summed E-state index contributed by atoms with van der Waals surface area (Å²) in [7, 11) is 0. The first-order valence-electron chi connectivity index (χ1n) is 6.22. The van der Waals surface area contributed by atoms with Crippen molar-refractivity contribution in [2.75, 3.05) is 18.9 Å². The number of hydrogen-bond donors (Lipinski definition) is 1. The zero-order valence-corrected chi connectivity index (χ0v) is 10.7. The first-order valence-corrected chi connectivity index (χ1v) is 7.27. The molecule has 1 saturated carbocycles. The standard InChI is InChI=1S/C12H23NOS/c1-9(7-13-11-3-4-11)8-15-12-5-6-14-10(12)2/h9-13H,3-8H2,1-2H3. The Hall–Kier alpha value is 0.270. The van der Waals surface area contributed by atoms with Crippen LogP contribution in [0.1, 0.15) is 33.1 Å². The molecule has 3 unspecified atom stereocenters. The average Bonchev–Trinajstić information content (AvgIpc) is 2.96. The third-order valence-corrected chi connectivity index (χ3v) is 5.04. The van der Waals surface area contributed by atoms with Gasteiger partial charge in [0.15, 0.2) is 0 Å². The van der Waals surface area contributed by atoms with E-state index in [1.165, 1.54) is 31.6 Å². The Morgan fingerprint density at radius 1 is 1.40 bits per heavy atom. The second-order valence-electron chi connectivity index (χ2n) is 5.02. The molecule has 0 aromatic heterocycles. The highest BCUT2D eigenvalue weighted by molar-refractivity contribution is 7.99. The van der Waals surface area contributed by atoms with Crippen molar-refractivity contribution in [2.45, 2.75) is 50.5 Å². The minimum absolute atomic E-state index is 0.471. The molecule has 0 aromatic carbocycles. The van der Waals surface area contributed by atoms with E-state index in [1.807, 2.05) is 0 Å². The van der Waals surface area contributed by atoms with Crippen LogP contribution in [-0.2, 0) is 4.74 Å². The van der Waals surface area contributed by atoms with Gasteiger partial charge in [-0.15, -0.1) is 0 Å². The fraction of sp³-hybridized carbons (Fsp3) is 1.00. The van der Waals surface area contributed by atoms with E-state index in [0.717, 1.165) is 23.8 Å². The summed E-state index contributed by atoms with van der Waals surface area (Å²) in [5.41, 5.74) is 0. The van der Waals surface area contributed by atoms with Crippen molar-refractivity contribution in [3.63, 3.8) is 0 Å². The molecule has 2 nitrogen and oxygen atoms in total. The van der Waals surface area contributed by atoms with Crippen molar-refractivity contribution >= 4 is 11.8 Å². The third kappa shape index (κ3) is 3.97. The highest BCUT2D eigenvalue weighted by atomic mass is 32.2. The molecule has 1 aliphatic heterocycles. The predicted molar refractivity (Wildman–Crippen MR) is 66.5 cm³/mol. The molecular weight excluding hydrogens is 206 g/mol. The summed E-state index contributed by atoms with van der Waals surface area (Å²) in [6.07, 6.45) is 4.51. The van der Waals surface area contributed by atoms with E-state index >= 15 is 0 Å². The molecule has 2 rings (SSSR count). The summed E-state index contributed by atoms with van der Waals surface area (Å²) in [6.45, 7) is 6.72. The molecule has 1 N–H and O–H groups in total. The third-order valence-electron chi connectivity index (χ3n) is 3.23. The molecule has 1 heterocycles. The minimum atomic E-state index is 0.471. The number of hydrogen-bond acceptors (Lipinski definition) is 3. The van der Waals surface area contributed by atoms with Crippen LogP contribution < -0.4 is 5.32 Å². The van der Waals surface area contributed by atoms with Gasteiger partial charge in [0.25, 0.3) is 0 Å². The van der Waals surface area contributed by atoms with E-state index in [4.69, 9.17) is 4.74 Å². The zero-order valence-electron chi connectivity index (χ0n) is 9.87. The monoisotopic (exact) mass is 229 g/mol. The predicted octanol–water partition coefficient (Wildman–Crippen LogP) is 2.29. The van der Waals surface area contributed by atoms with E-state index in [1.54, 1.807) is 0 Å². The Kier molecular flexibility index (Phi) is 4.35. The number of rotatable bonds is 6. The van der Waals surface area contributed by atoms with Crippen molar-refractivity contribution in [3.05, 3.63) is 0 Å². The van der Waals surface area contributed by atoms with Gasteiger partial charge in [0, 0.05) is 17.9 Å². The lowest BCUT2D eigenvalue weighted by Crippen LogP contribution is -2.25. The maximum absolute atomic E-state index is 5.57. The molecule has 1 saturated heterocycles. The molecule has 2 fully saturated rings. The molecule has 0 radical (unpaired) electrons. The lowest BCUT2D eigenvalue weighted by atomic mass is 10.2. The SMILES string of the molecule is CC(CNC1CC1)CSC1CCOC1C. The molecule has 0 spiro atoms. The average molecular weight is 229 g/mol. The summed E-state index contributed by atoms with van der Waals surface area (Å²) in [6, 6.07) is 0.853. The fourth-order valence-electron chi connectivity index (χ4n) is 1.93. The van der Waals surface area contributed by atoms with Gasteiger partial charge in [-0.2, -0.15) is 11.8 Å². The van der Waals surface area contributed by atoms with Crippen LogP contribution in [-0.4, -0.2) is 36.3 Å². The van der Waals surface area contributed by atoms with Crippen LogP contribution in [0.4, 0.5) is 0 Å². The Morgan fingerprint density at radius 2 is 2.20 bits per heavy atom. The molecule has 3 heteroatoms. The largest absolute Gasteiger partial charge is 0.377 e. The molecule has 0 aromatic rings. The molecule has 0 amide bonds. The maximum atomic E-state index is 5.57. The van der Waals surface area contributed by atoms with Gasteiger partial charge in [0.1, 0.15) is 0 Å². The maximum Gasteiger partial charge on any atom is 0.0666 e. The van der Waals surface area contributed by atoms with Crippen molar-refractivity contribution in [3.8, 4) is 0 Å². The van der Waals surface area contributed by atoms with Crippen molar-refractivity contribution in [1.82, 2.24) is 5.32 Å². The minimum Gasteiger partial charge on any atom is -0.377 e. The van der Waals surface area contributed by atoms with Crippen molar-refractivity contribution in [2.24, 2.45) is 5.92 Å². The number of nitrogens with one attached hydrogen (secondary N) is 1. The van der Waals surface area contributed by atoms with Gasteiger partial charge in [-0.3, -0.25) is 0 Å². The Balaban J connectivity index is 1.55. The highest BCUT2D eigenvalue weighted by Gasteiger charge is 2.25. The molecular formula is C12H23NOS. The van der Waals surface area contributed by atoms with E-state index < -0.39 is 0 Å². The zero-order chi connectivity index (χ0) is 10.7. The van der Waals surface area contributed by atoms with E-state index in [-0.39, 0.29) is 0 Å². The molecule has 1 aliphatic carbocycles. The molecule has 0 bridgehead atoms. The van der Waals surface area contributed by atoms with Crippen LogP contribution in [0.3, 0.4) is 0 Å². The van der Waals surface area contributed by atoms with E-state index in [2.05, 4.69) is 30.9 Å². The Labute approximate surface area is 97.5 Å². The van der Waals surface area contributed by atoms with Gasteiger partial charge >= 0.3 is 0 Å². The van der Waals surface area contributed by atoms with Crippen molar-refractivity contribution < 1.29 is 4.74 Å². The quantitative estimate of drug-likeness (QED) is 0.755. The second kappa shape index (κ2) is 5.55. The van der Waals surface area contributed by atoms with Crippen LogP contribution in [0.2, 0.25) is 0 Å². The normalized spacial score (nSPS) is 33.2. The topological polar surface area (TPSA) is 21.3 Å². The van der Waals surface area contributed by atoms with Gasteiger partial charge in [0.2, 0.25) is 0 Å². The van der Waals surface area contributed by atoms with Gasteiger partial charge in [-0.1, -0.05) is 6.92 Å². The first-order chi connectivity index (χ1) is 7.25. The summed E-state index contributed by atoms with van der Waals surface area (Å²) in [4.78, 5) is 0. The van der Waals surface area contributed by atoms with Crippen molar-refractivity contribution in [1.29, 1.82) is 0 Å². The van der Waals surface area contributed by atoms with Crippen LogP contribution in [0, 0.1) is 5.92 Å². The first kappa shape index (κ1) is 11.7. The lowest BCUT2D eigenvalue weighted by Gasteiger charge is -2.17. The molecule has 3 atom stereocenters. The number of thioether (sulfide) groups is 1. The van der Waals surface area contributed by atoms with Crippen LogP contribution in [0.5, 0.6) is 0 Å². The highest BCUT2D eigenvalue weighted by Crippen LogP contribution is 2.27. The van der Waals surface area contributed by atoms with Gasteiger partial charge < -0.3 is 10.1 Å². The summed E-state index contributed by atoms with van der Waals surface area (Å²) < 4.78 is 5.57. The fourth-order valence-corrected chi connectivity index (χ4v) is 3.24. The summed E-state index contributed by atoms with van der Waals surface area (Å²) in [5, 5.41) is 4.34. The Bertz CT molecular complexity index is 196. The van der Waals surface area contributed by atoms with Gasteiger partial charge in [0.05, 0.1) is 6.10 Å². The molecule has 15 heavy (non-hydrogen) atoms. The molecule has 2 aliphatic rings. The van der Waals surface area contributed by atoms with E-state index in [0.29, 0.717) is 6.10 Å². The smallest absolute Gasteiger partial charge is 0.0666 e. The molecule has 88 valence electrons. The van der Waals surface area contributed by atoms with E-state index in [9.17, 15) is 0 Å². The van der Waals surface area contributed by atoms with Gasteiger partial charge in [-0.05, 0) is 44.4 Å². The summed E-state index contributed by atoms with van der Waals surface area (Å²) in [5.74, 6) is 2.07. The summed E-state index contributed by atoms with van der Waals surface area (Å²) >= 11 is 2.11. The Morgan fingerprint density at radius 3 is 2.80 bits per heavy atom. The second-order valence-corrected chi connectivity index (χ2v) is 6.30. The van der Waals surface area contributed by atoms with Crippen LogP contribution in [0.25, 0.3) is 0 Å². The van der Waals surface area contributed by atoms with Gasteiger partial charge in [-0.25, -0.2) is 0 Å². The van der Waals surface area contributed by atoms with Crippen LogP contribution in [0.15, 0.2) is 0 Å². The van der Waals surface area contributed by atoms with Crippen LogP contribution >= 0.6 is 11.8 Å².